The van der Waals surface area contributed by atoms with E-state index in [-0.39, 0.29) is 5.91 Å². The lowest BCUT2D eigenvalue weighted by Gasteiger charge is -2.16. The van der Waals surface area contributed by atoms with Gasteiger partial charge in [0.2, 0.25) is 0 Å². The van der Waals surface area contributed by atoms with E-state index in [0.717, 1.165) is 16.7 Å². The van der Waals surface area contributed by atoms with E-state index in [9.17, 15) is 4.79 Å². The van der Waals surface area contributed by atoms with Crippen LogP contribution in [0.1, 0.15) is 21.5 Å². The first kappa shape index (κ1) is 12.5. The Kier molecular flexibility index (Phi) is 3.21. The molecule has 0 saturated carbocycles. The van der Waals surface area contributed by atoms with Gasteiger partial charge >= 0.3 is 0 Å². The molecule has 0 fully saturated rings. The van der Waals surface area contributed by atoms with E-state index < -0.39 is 0 Å². The van der Waals surface area contributed by atoms with Crippen molar-refractivity contribution < 1.29 is 4.79 Å². The second-order valence-corrected chi connectivity index (χ2v) is 5.38. The maximum atomic E-state index is 12.2. The van der Waals surface area contributed by atoms with Gasteiger partial charge in [0.1, 0.15) is 0 Å². The number of nitrogens with zero attached hydrogens (tertiary/aromatic N) is 1. The van der Waals surface area contributed by atoms with Crippen molar-refractivity contribution >= 4 is 29.1 Å². The van der Waals surface area contributed by atoms with E-state index >= 15 is 0 Å². The molecule has 0 bridgehead atoms. The largest absolute Gasteiger partial charge is 0.330 e. The van der Waals surface area contributed by atoms with Crippen LogP contribution in [0.5, 0.6) is 0 Å². The normalized spacial score (nSPS) is 13.8. The molecule has 0 radical (unpaired) electrons. The van der Waals surface area contributed by atoms with Gasteiger partial charge in [-0.3, -0.25) is 4.79 Å². The zero-order chi connectivity index (χ0) is 13.4. The number of hydrogen-bond acceptors (Lipinski definition) is 1. The smallest absolute Gasteiger partial charge is 0.254 e. The number of amides is 1. The average molecular weight is 292 g/mol. The van der Waals surface area contributed by atoms with E-state index in [1.165, 1.54) is 0 Å². The minimum atomic E-state index is 0.0710. The van der Waals surface area contributed by atoms with Gasteiger partial charge in [0.15, 0.2) is 0 Å². The molecule has 0 spiro atoms. The molecule has 1 aliphatic rings. The Morgan fingerprint density at radius 2 is 1.84 bits per heavy atom. The highest BCUT2D eigenvalue weighted by molar-refractivity contribution is 6.42. The lowest BCUT2D eigenvalue weighted by Crippen LogP contribution is -2.23. The van der Waals surface area contributed by atoms with Crippen molar-refractivity contribution in [2.75, 3.05) is 0 Å². The van der Waals surface area contributed by atoms with Crippen LogP contribution in [0.15, 0.2) is 42.5 Å². The van der Waals surface area contributed by atoms with Crippen LogP contribution in [0.2, 0.25) is 10.0 Å². The summed E-state index contributed by atoms with van der Waals surface area (Å²) in [6.45, 7) is 1.19. The Balaban J connectivity index is 1.83. The summed E-state index contributed by atoms with van der Waals surface area (Å²) in [5.74, 6) is 0.0710. The van der Waals surface area contributed by atoms with Crippen molar-refractivity contribution in [3.05, 3.63) is 69.2 Å². The summed E-state index contributed by atoms with van der Waals surface area (Å²) < 4.78 is 0. The first-order valence-corrected chi connectivity index (χ1v) is 6.72. The molecular formula is C15H11Cl2NO. The Morgan fingerprint density at radius 1 is 1.05 bits per heavy atom. The lowest BCUT2D eigenvalue weighted by atomic mass is 10.1. The molecule has 2 nitrogen and oxygen atoms in total. The maximum absolute atomic E-state index is 12.2. The van der Waals surface area contributed by atoms with Gasteiger partial charge in [-0.05, 0) is 29.3 Å². The summed E-state index contributed by atoms with van der Waals surface area (Å²) in [5.41, 5.74) is 2.85. The molecule has 4 heteroatoms. The third kappa shape index (κ3) is 2.34. The number of carbonyl (C=O) groups is 1. The summed E-state index contributed by atoms with van der Waals surface area (Å²) in [6.07, 6.45) is 0. The number of hydrogen-bond donors (Lipinski definition) is 0. The standard InChI is InChI=1S/C15H11Cl2NO/c16-13-6-5-10(7-14(13)17)8-18-9-11-3-1-2-4-12(11)15(18)19/h1-7H,8-9H2. The number of rotatable bonds is 2. The minimum absolute atomic E-state index is 0.0710. The predicted molar refractivity (Wildman–Crippen MR) is 76.5 cm³/mol. The molecular weight excluding hydrogens is 281 g/mol. The zero-order valence-electron chi connectivity index (χ0n) is 10.1. The summed E-state index contributed by atoms with van der Waals surface area (Å²) in [4.78, 5) is 14.0. The maximum Gasteiger partial charge on any atom is 0.254 e. The Labute approximate surface area is 121 Å². The molecule has 0 N–H and O–H groups in total. The molecule has 19 heavy (non-hydrogen) atoms. The number of halogens is 2. The monoisotopic (exact) mass is 291 g/mol. The first-order chi connectivity index (χ1) is 9.15. The quantitative estimate of drug-likeness (QED) is 0.814. The van der Waals surface area contributed by atoms with Gasteiger partial charge in [0, 0.05) is 18.7 Å². The fraction of sp³-hybridized carbons (Fsp3) is 0.133. The summed E-state index contributed by atoms with van der Waals surface area (Å²) in [6, 6.07) is 13.2. The highest BCUT2D eigenvalue weighted by Gasteiger charge is 2.26. The van der Waals surface area contributed by atoms with Crippen molar-refractivity contribution in [2.45, 2.75) is 13.1 Å². The molecule has 3 rings (SSSR count). The van der Waals surface area contributed by atoms with Gasteiger partial charge in [0.05, 0.1) is 10.0 Å². The molecule has 0 aromatic heterocycles. The molecule has 0 aliphatic carbocycles. The van der Waals surface area contributed by atoms with E-state index in [1.807, 2.05) is 35.2 Å². The number of carbonyl (C=O) groups excluding carboxylic acids is 1. The highest BCUT2D eigenvalue weighted by atomic mass is 35.5. The minimum Gasteiger partial charge on any atom is -0.330 e. The third-order valence-electron chi connectivity index (χ3n) is 3.25. The molecule has 2 aromatic carbocycles. The number of benzene rings is 2. The Morgan fingerprint density at radius 3 is 2.58 bits per heavy atom. The van der Waals surface area contributed by atoms with Gasteiger partial charge in [-0.2, -0.15) is 0 Å². The van der Waals surface area contributed by atoms with E-state index in [0.29, 0.717) is 23.1 Å². The van der Waals surface area contributed by atoms with Gasteiger partial charge in [-0.25, -0.2) is 0 Å². The topological polar surface area (TPSA) is 20.3 Å². The Bertz CT molecular complexity index is 654. The SMILES string of the molecule is O=C1c2ccccc2CN1Cc1ccc(Cl)c(Cl)c1. The molecule has 0 unspecified atom stereocenters. The first-order valence-electron chi connectivity index (χ1n) is 5.96. The molecule has 1 amide bonds. The van der Waals surface area contributed by atoms with Crippen LogP contribution < -0.4 is 0 Å². The fourth-order valence-electron chi connectivity index (χ4n) is 2.30. The number of fused-ring (bicyclic) bond motifs is 1. The molecule has 1 aliphatic heterocycles. The van der Waals surface area contributed by atoms with E-state index in [4.69, 9.17) is 23.2 Å². The van der Waals surface area contributed by atoms with Crippen LogP contribution in [0, 0.1) is 0 Å². The van der Waals surface area contributed by atoms with Crippen LogP contribution in [0.4, 0.5) is 0 Å². The summed E-state index contributed by atoms with van der Waals surface area (Å²) in [5, 5.41) is 1.05. The molecule has 0 atom stereocenters. The highest BCUT2D eigenvalue weighted by Crippen LogP contribution is 2.27. The van der Waals surface area contributed by atoms with Crippen molar-refractivity contribution in [2.24, 2.45) is 0 Å². The van der Waals surface area contributed by atoms with Gasteiger partial charge < -0.3 is 4.90 Å². The van der Waals surface area contributed by atoms with E-state index in [1.54, 1.807) is 12.1 Å². The third-order valence-corrected chi connectivity index (χ3v) is 3.99. The van der Waals surface area contributed by atoms with Crippen LogP contribution in [-0.2, 0) is 13.1 Å². The fourth-order valence-corrected chi connectivity index (χ4v) is 2.62. The van der Waals surface area contributed by atoms with Crippen molar-refractivity contribution in [3.63, 3.8) is 0 Å². The average Bonchev–Trinajstić information content (AvgIpc) is 2.72. The zero-order valence-corrected chi connectivity index (χ0v) is 11.6. The molecule has 1 heterocycles. The summed E-state index contributed by atoms with van der Waals surface area (Å²) >= 11 is 11.9. The second kappa shape index (κ2) is 4.87. The summed E-state index contributed by atoms with van der Waals surface area (Å²) in [7, 11) is 0. The lowest BCUT2D eigenvalue weighted by molar-refractivity contribution is 0.0766. The van der Waals surface area contributed by atoms with Crippen LogP contribution in [0.25, 0.3) is 0 Å². The van der Waals surface area contributed by atoms with Gasteiger partial charge in [0.25, 0.3) is 5.91 Å². The van der Waals surface area contributed by atoms with E-state index in [2.05, 4.69) is 0 Å². The van der Waals surface area contributed by atoms with Crippen molar-refractivity contribution in [1.29, 1.82) is 0 Å². The van der Waals surface area contributed by atoms with Crippen LogP contribution >= 0.6 is 23.2 Å². The van der Waals surface area contributed by atoms with Crippen molar-refractivity contribution in [3.8, 4) is 0 Å². The van der Waals surface area contributed by atoms with Crippen LogP contribution in [0.3, 0.4) is 0 Å². The second-order valence-electron chi connectivity index (χ2n) is 4.57. The molecule has 96 valence electrons. The van der Waals surface area contributed by atoms with Crippen molar-refractivity contribution in [1.82, 2.24) is 4.90 Å². The molecule has 2 aromatic rings. The van der Waals surface area contributed by atoms with Crippen LogP contribution in [-0.4, -0.2) is 10.8 Å². The Hall–Kier alpha value is -1.51. The predicted octanol–water partition coefficient (Wildman–Crippen LogP) is 4.15. The molecule has 0 saturated heterocycles. The van der Waals surface area contributed by atoms with Gasteiger partial charge in [-0.1, -0.05) is 47.5 Å². The van der Waals surface area contributed by atoms with Gasteiger partial charge in [-0.15, -0.1) is 0 Å².